The highest BCUT2D eigenvalue weighted by Crippen LogP contribution is 2.37. The fraction of sp³-hybridized carbons (Fsp3) is 0.562. The van der Waals surface area contributed by atoms with E-state index in [4.69, 9.17) is 5.11 Å². The van der Waals surface area contributed by atoms with Gasteiger partial charge in [-0.15, -0.1) is 0 Å². The topological polar surface area (TPSA) is 40.5 Å². The Morgan fingerprint density at radius 2 is 1.95 bits per heavy atom. The van der Waals surface area contributed by atoms with Crippen molar-refractivity contribution in [1.82, 2.24) is 0 Å². The van der Waals surface area contributed by atoms with Crippen molar-refractivity contribution in [2.24, 2.45) is 11.3 Å². The van der Waals surface area contributed by atoms with Gasteiger partial charge in [-0.25, -0.2) is 0 Å². The average molecular weight is 261 g/mol. The maximum Gasteiger partial charge on any atom is 0.303 e. The number of para-hydroxylation sites is 1. The second-order valence-electron chi connectivity index (χ2n) is 6.49. The lowest BCUT2D eigenvalue weighted by atomic mass is 9.75. The molecule has 1 N–H and O–H groups in total. The number of rotatable bonds is 4. The van der Waals surface area contributed by atoms with Crippen LogP contribution in [0, 0.1) is 11.3 Å². The van der Waals surface area contributed by atoms with E-state index in [0.717, 1.165) is 24.6 Å². The second-order valence-corrected chi connectivity index (χ2v) is 6.49. The summed E-state index contributed by atoms with van der Waals surface area (Å²) in [7, 11) is 0. The minimum Gasteiger partial charge on any atom is -0.481 e. The van der Waals surface area contributed by atoms with E-state index in [1.165, 1.54) is 5.69 Å². The molecule has 0 spiro atoms. The molecule has 0 bridgehead atoms. The Hall–Kier alpha value is -1.51. The van der Waals surface area contributed by atoms with Crippen molar-refractivity contribution in [1.29, 1.82) is 0 Å². The Morgan fingerprint density at radius 3 is 2.53 bits per heavy atom. The summed E-state index contributed by atoms with van der Waals surface area (Å²) in [4.78, 5) is 13.1. The van der Waals surface area contributed by atoms with Gasteiger partial charge in [-0.05, 0) is 29.4 Å². The van der Waals surface area contributed by atoms with Gasteiger partial charge in [0, 0.05) is 25.2 Å². The standard InChI is InChI=1S/C16H23NO2/c1-16(2,3)13-10-17(11-13)14-7-5-4-6-12(14)8-9-15(18)19/h4-7,13H,8-11H2,1-3H3,(H,18,19). The van der Waals surface area contributed by atoms with Crippen molar-refractivity contribution in [3.63, 3.8) is 0 Å². The number of aryl methyl sites for hydroxylation is 1. The van der Waals surface area contributed by atoms with Gasteiger partial charge in [-0.1, -0.05) is 39.0 Å². The van der Waals surface area contributed by atoms with Gasteiger partial charge in [0.15, 0.2) is 0 Å². The van der Waals surface area contributed by atoms with Crippen LogP contribution < -0.4 is 4.90 Å². The molecule has 1 fully saturated rings. The van der Waals surface area contributed by atoms with Crippen molar-refractivity contribution in [3.8, 4) is 0 Å². The van der Waals surface area contributed by atoms with E-state index < -0.39 is 5.97 Å². The van der Waals surface area contributed by atoms with E-state index in [-0.39, 0.29) is 6.42 Å². The highest BCUT2D eigenvalue weighted by Gasteiger charge is 2.36. The number of carboxylic acids is 1. The molecule has 104 valence electrons. The molecule has 3 heteroatoms. The van der Waals surface area contributed by atoms with Crippen LogP contribution in [-0.2, 0) is 11.2 Å². The predicted octanol–water partition coefficient (Wildman–Crippen LogP) is 3.19. The maximum atomic E-state index is 10.7. The number of carbonyl (C=O) groups is 1. The summed E-state index contributed by atoms with van der Waals surface area (Å²) in [6.07, 6.45) is 0.815. The van der Waals surface area contributed by atoms with Crippen LogP contribution in [0.5, 0.6) is 0 Å². The summed E-state index contributed by atoms with van der Waals surface area (Å²) in [5.74, 6) is -0.00832. The van der Waals surface area contributed by atoms with Crippen LogP contribution in [0.15, 0.2) is 24.3 Å². The number of nitrogens with zero attached hydrogens (tertiary/aromatic N) is 1. The number of aliphatic carboxylic acids is 1. The summed E-state index contributed by atoms with van der Waals surface area (Å²) in [6.45, 7) is 9.00. The quantitative estimate of drug-likeness (QED) is 0.905. The number of benzene rings is 1. The maximum absolute atomic E-state index is 10.7. The van der Waals surface area contributed by atoms with Crippen LogP contribution in [0.3, 0.4) is 0 Å². The molecule has 0 atom stereocenters. The monoisotopic (exact) mass is 261 g/mol. The molecule has 19 heavy (non-hydrogen) atoms. The molecular formula is C16H23NO2. The molecule has 2 rings (SSSR count). The number of anilines is 1. The molecule has 0 unspecified atom stereocenters. The van der Waals surface area contributed by atoms with Gasteiger partial charge in [0.05, 0.1) is 0 Å². The number of carboxylic acid groups (broad SMARTS) is 1. The van der Waals surface area contributed by atoms with Gasteiger partial charge in [0.2, 0.25) is 0 Å². The third kappa shape index (κ3) is 3.28. The summed E-state index contributed by atoms with van der Waals surface area (Å²) in [5, 5.41) is 8.81. The third-order valence-electron chi connectivity index (χ3n) is 4.05. The van der Waals surface area contributed by atoms with E-state index in [1.807, 2.05) is 18.2 Å². The van der Waals surface area contributed by atoms with Crippen LogP contribution in [-0.4, -0.2) is 24.2 Å². The Labute approximate surface area is 115 Å². The van der Waals surface area contributed by atoms with Gasteiger partial charge >= 0.3 is 5.97 Å². The molecule has 1 saturated heterocycles. The molecule has 0 radical (unpaired) electrons. The predicted molar refractivity (Wildman–Crippen MR) is 77.6 cm³/mol. The SMILES string of the molecule is CC(C)(C)C1CN(c2ccccc2CCC(=O)O)C1. The van der Waals surface area contributed by atoms with Gasteiger partial charge in [0.1, 0.15) is 0 Å². The van der Waals surface area contributed by atoms with Crippen LogP contribution in [0.4, 0.5) is 5.69 Å². The molecule has 3 nitrogen and oxygen atoms in total. The van der Waals surface area contributed by atoms with Gasteiger partial charge in [0.25, 0.3) is 0 Å². The molecule has 0 aromatic heterocycles. The Bertz CT molecular complexity index is 456. The molecule has 1 heterocycles. The van der Waals surface area contributed by atoms with Crippen LogP contribution >= 0.6 is 0 Å². The zero-order valence-electron chi connectivity index (χ0n) is 12.0. The summed E-state index contributed by atoms with van der Waals surface area (Å²) in [6, 6.07) is 8.17. The minimum absolute atomic E-state index is 0.202. The number of hydrogen-bond acceptors (Lipinski definition) is 2. The van der Waals surface area contributed by atoms with Crippen molar-refractivity contribution in [2.45, 2.75) is 33.6 Å². The summed E-state index contributed by atoms with van der Waals surface area (Å²) in [5.41, 5.74) is 2.72. The molecule has 1 aromatic rings. The molecule has 0 amide bonds. The van der Waals surface area contributed by atoms with Crippen molar-refractivity contribution in [3.05, 3.63) is 29.8 Å². The zero-order valence-corrected chi connectivity index (χ0v) is 12.0. The van der Waals surface area contributed by atoms with E-state index in [1.54, 1.807) is 0 Å². The normalized spacial score (nSPS) is 16.3. The third-order valence-corrected chi connectivity index (χ3v) is 4.05. The van der Waals surface area contributed by atoms with Crippen LogP contribution in [0.25, 0.3) is 0 Å². The van der Waals surface area contributed by atoms with Crippen molar-refractivity contribution < 1.29 is 9.90 Å². The lowest BCUT2D eigenvalue weighted by Gasteiger charge is -2.48. The van der Waals surface area contributed by atoms with E-state index >= 15 is 0 Å². The Morgan fingerprint density at radius 1 is 1.32 bits per heavy atom. The molecule has 0 saturated carbocycles. The van der Waals surface area contributed by atoms with Crippen molar-refractivity contribution >= 4 is 11.7 Å². The molecule has 1 aliphatic heterocycles. The first-order valence-electron chi connectivity index (χ1n) is 6.92. The fourth-order valence-corrected chi connectivity index (χ4v) is 2.50. The van der Waals surface area contributed by atoms with E-state index in [0.29, 0.717) is 11.8 Å². The lowest BCUT2D eigenvalue weighted by Crippen LogP contribution is -2.52. The highest BCUT2D eigenvalue weighted by molar-refractivity contribution is 5.68. The highest BCUT2D eigenvalue weighted by atomic mass is 16.4. The average Bonchev–Trinajstić information content (AvgIpc) is 2.23. The summed E-state index contributed by atoms with van der Waals surface area (Å²) >= 11 is 0. The van der Waals surface area contributed by atoms with E-state index in [9.17, 15) is 4.79 Å². The van der Waals surface area contributed by atoms with Gasteiger partial charge in [-0.2, -0.15) is 0 Å². The van der Waals surface area contributed by atoms with Crippen molar-refractivity contribution in [2.75, 3.05) is 18.0 Å². The molecule has 1 aromatic carbocycles. The Balaban J connectivity index is 2.04. The van der Waals surface area contributed by atoms with Crippen LogP contribution in [0.2, 0.25) is 0 Å². The smallest absolute Gasteiger partial charge is 0.303 e. The molecule has 0 aliphatic carbocycles. The molecular weight excluding hydrogens is 238 g/mol. The molecule has 1 aliphatic rings. The lowest BCUT2D eigenvalue weighted by molar-refractivity contribution is -0.136. The first kappa shape index (κ1) is 13.9. The first-order chi connectivity index (χ1) is 8.88. The first-order valence-corrected chi connectivity index (χ1v) is 6.92. The summed E-state index contributed by atoms with van der Waals surface area (Å²) < 4.78 is 0. The number of hydrogen-bond donors (Lipinski definition) is 1. The zero-order chi connectivity index (χ0) is 14.0. The van der Waals surface area contributed by atoms with Crippen LogP contribution in [0.1, 0.15) is 32.8 Å². The fourth-order valence-electron chi connectivity index (χ4n) is 2.50. The van der Waals surface area contributed by atoms with Gasteiger partial charge < -0.3 is 10.0 Å². The van der Waals surface area contributed by atoms with E-state index in [2.05, 4.69) is 31.7 Å². The largest absolute Gasteiger partial charge is 0.481 e. The van der Waals surface area contributed by atoms with Gasteiger partial charge in [-0.3, -0.25) is 4.79 Å². The Kier molecular flexibility index (Phi) is 3.83. The minimum atomic E-state index is -0.731. The second kappa shape index (κ2) is 5.24.